The summed E-state index contributed by atoms with van der Waals surface area (Å²) < 4.78 is 10.4. The van der Waals surface area contributed by atoms with Crippen molar-refractivity contribution in [1.82, 2.24) is 10.2 Å². The number of benzene rings is 1. The summed E-state index contributed by atoms with van der Waals surface area (Å²) in [6.07, 6.45) is 2.75. The number of hydrogen-bond donors (Lipinski definition) is 1. The van der Waals surface area contributed by atoms with Crippen LogP contribution in [0, 0.1) is 5.92 Å². The molecular weight excluding hydrogens is 320 g/mol. The molecule has 0 saturated carbocycles. The largest absolute Gasteiger partial charge is 0.497 e. The molecule has 1 atom stereocenters. The van der Waals surface area contributed by atoms with Crippen LogP contribution in [0.5, 0.6) is 5.75 Å². The summed E-state index contributed by atoms with van der Waals surface area (Å²) in [5, 5.41) is 3.05. The molecule has 2 amide bonds. The highest BCUT2D eigenvalue weighted by Gasteiger charge is 2.32. The summed E-state index contributed by atoms with van der Waals surface area (Å²) in [7, 11) is 1.65. The highest BCUT2D eigenvalue weighted by Crippen LogP contribution is 2.18. The molecule has 1 N–H and O–H groups in total. The van der Waals surface area contributed by atoms with Gasteiger partial charge in [-0.05, 0) is 37.0 Å². The number of nitrogens with one attached hydrogen (secondary N) is 1. The Labute approximate surface area is 148 Å². The molecule has 0 bridgehead atoms. The molecule has 3 rings (SSSR count). The smallest absolute Gasteiger partial charge is 0.224 e. The second-order valence-corrected chi connectivity index (χ2v) is 6.73. The molecule has 0 aliphatic carbocycles. The number of ether oxygens (including phenoxy) is 2. The lowest BCUT2D eigenvalue weighted by molar-refractivity contribution is -0.128. The zero-order valence-corrected chi connectivity index (χ0v) is 14.7. The first-order valence-corrected chi connectivity index (χ1v) is 8.94. The van der Waals surface area contributed by atoms with Crippen LogP contribution in [-0.4, -0.2) is 56.2 Å². The summed E-state index contributed by atoms with van der Waals surface area (Å²) in [4.78, 5) is 26.3. The van der Waals surface area contributed by atoms with Crippen molar-refractivity contribution in [3.63, 3.8) is 0 Å². The van der Waals surface area contributed by atoms with Crippen LogP contribution in [-0.2, 0) is 20.7 Å². The van der Waals surface area contributed by atoms with Crippen molar-refractivity contribution in [3.8, 4) is 5.75 Å². The lowest BCUT2D eigenvalue weighted by Crippen LogP contribution is -2.42. The van der Waals surface area contributed by atoms with Crippen molar-refractivity contribution < 1.29 is 19.1 Å². The molecule has 25 heavy (non-hydrogen) atoms. The van der Waals surface area contributed by atoms with Gasteiger partial charge in [-0.25, -0.2) is 0 Å². The molecule has 1 aromatic carbocycles. The van der Waals surface area contributed by atoms with Crippen molar-refractivity contribution in [2.75, 3.05) is 33.4 Å². The molecule has 2 saturated heterocycles. The van der Waals surface area contributed by atoms with Gasteiger partial charge in [0, 0.05) is 38.6 Å². The van der Waals surface area contributed by atoms with Crippen molar-refractivity contribution in [2.45, 2.75) is 31.7 Å². The van der Waals surface area contributed by atoms with Gasteiger partial charge in [0.1, 0.15) is 5.75 Å². The molecule has 2 fully saturated rings. The number of nitrogens with zero attached hydrogens (tertiary/aromatic N) is 1. The Morgan fingerprint density at radius 2 is 2.00 bits per heavy atom. The predicted octanol–water partition coefficient (Wildman–Crippen LogP) is 1.38. The molecule has 0 radical (unpaired) electrons. The van der Waals surface area contributed by atoms with Crippen LogP contribution in [0.25, 0.3) is 0 Å². The maximum atomic E-state index is 12.3. The monoisotopic (exact) mass is 346 g/mol. The van der Waals surface area contributed by atoms with E-state index in [9.17, 15) is 9.59 Å². The molecule has 6 heteroatoms. The first kappa shape index (κ1) is 17.7. The molecule has 0 spiro atoms. The lowest BCUT2D eigenvalue weighted by Gasteiger charge is -2.23. The molecule has 0 aromatic heterocycles. The number of amides is 2. The summed E-state index contributed by atoms with van der Waals surface area (Å²) in [6, 6.07) is 7.82. The highest BCUT2D eigenvalue weighted by molar-refractivity contribution is 5.83. The Kier molecular flexibility index (Phi) is 5.91. The van der Waals surface area contributed by atoms with Crippen LogP contribution in [0.2, 0.25) is 0 Å². The van der Waals surface area contributed by atoms with Crippen LogP contribution in [0.4, 0.5) is 0 Å². The number of rotatable bonds is 6. The lowest BCUT2D eigenvalue weighted by atomic mass is 9.99. The molecule has 6 nitrogen and oxygen atoms in total. The van der Waals surface area contributed by atoms with Gasteiger partial charge >= 0.3 is 0 Å². The van der Waals surface area contributed by atoms with Crippen LogP contribution in [0.15, 0.2) is 24.3 Å². The van der Waals surface area contributed by atoms with Gasteiger partial charge in [-0.1, -0.05) is 12.1 Å². The van der Waals surface area contributed by atoms with E-state index in [1.165, 1.54) is 5.56 Å². The van der Waals surface area contributed by atoms with Gasteiger partial charge in [0.25, 0.3) is 0 Å². The van der Waals surface area contributed by atoms with E-state index in [4.69, 9.17) is 9.47 Å². The van der Waals surface area contributed by atoms with E-state index in [1.807, 2.05) is 29.2 Å². The molecule has 2 aliphatic heterocycles. The first-order chi connectivity index (χ1) is 12.2. The molecule has 1 unspecified atom stereocenters. The fourth-order valence-corrected chi connectivity index (χ4v) is 3.42. The Balaban J connectivity index is 1.45. The van der Waals surface area contributed by atoms with Gasteiger partial charge in [-0.2, -0.15) is 0 Å². The maximum absolute atomic E-state index is 12.3. The molecule has 136 valence electrons. The second-order valence-electron chi connectivity index (χ2n) is 6.73. The van der Waals surface area contributed by atoms with Crippen molar-refractivity contribution in [2.24, 2.45) is 5.92 Å². The van der Waals surface area contributed by atoms with Crippen molar-refractivity contribution in [3.05, 3.63) is 29.8 Å². The summed E-state index contributed by atoms with van der Waals surface area (Å²) in [6.45, 7) is 2.57. The quantitative estimate of drug-likeness (QED) is 0.845. The third-order valence-electron chi connectivity index (χ3n) is 4.98. The Hall–Kier alpha value is -2.08. The van der Waals surface area contributed by atoms with Gasteiger partial charge < -0.3 is 19.7 Å². The van der Waals surface area contributed by atoms with E-state index in [0.29, 0.717) is 32.7 Å². The number of likely N-dealkylation sites (tertiary alicyclic amines) is 1. The highest BCUT2D eigenvalue weighted by atomic mass is 16.5. The van der Waals surface area contributed by atoms with Crippen LogP contribution in [0.1, 0.15) is 24.8 Å². The second kappa shape index (κ2) is 8.34. The van der Waals surface area contributed by atoms with E-state index < -0.39 is 0 Å². The average molecular weight is 346 g/mol. The first-order valence-electron chi connectivity index (χ1n) is 8.94. The zero-order chi connectivity index (χ0) is 17.6. The summed E-state index contributed by atoms with van der Waals surface area (Å²) in [5.74, 6) is 1.04. The minimum Gasteiger partial charge on any atom is -0.497 e. The fraction of sp³-hybridized carbons (Fsp3) is 0.579. The predicted molar refractivity (Wildman–Crippen MR) is 93.4 cm³/mol. The third kappa shape index (κ3) is 4.72. The third-order valence-corrected chi connectivity index (χ3v) is 4.98. The van der Waals surface area contributed by atoms with Gasteiger partial charge in [-0.15, -0.1) is 0 Å². The SMILES string of the molecule is COc1ccc(CCN2CC(NC(=O)C3CCOCC3)CC2=O)cc1. The topological polar surface area (TPSA) is 67.9 Å². The number of methoxy groups -OCH3 is 1. The molecule has 2 aliphatic rings. The number of carbonyl (C=O) groups excluding carboxylic acids is 2. The minimum absolute atomic E-state index is 0.0252. The van der Waals surface area contributed by atoms with E-state index in [1.54, 1.807) is 7.11 Å². The summed E-state index contributed by atoms with van der Waals surface area (Å²) in [5.41, 5.74) is 1.17. The number of hydrogen-bond acceptors (Lipinski definition) is 4. The Morgan fingerprint density at radius 3 is 2.68 bits per heavy atom. The van der Waals surface area contributed by atoms with Gasteiger partial charge in [-0.3, -0.25) is 9.59 Å². The Bertz CT molecular complexity index is 596. The summed E-state index contributed by atoms with van der Waals surface area (Å²) >= 11 is 0. The number of carbonyl (C=O) groups is 2. The van der Waals surface area contributed by atoms with Crippen LogP contribution >= 0.6 is 0 Å². The molecule has 1 aromatic rings. The van der Waals surface area contributed by atoms with Crippen LogP contribution < -0.4 is 10.1 Å². The fourth-order valence-electron chi connectivity index (χ4n) is 3.42. The molecular formula is C19H26N2O4. The van der Waals surface area contributed by atoms with Crippen molar-refractivity contribution in [1.29, 1.82) is 0 Å². The van der Waals surface area contributed by atoms with Crippen LogP contribution in [0.3, 0.4) is 0 Å². The van der Waals surface area contributed by atoms with Gasteiger partial charge in [0.05, 0.1) is 13.2 Å². The zero-order valence-electron chi connectivity index (χ0n) is 14.7. The van der Waals surface area contributed by atoms with E-state index in [2.05, 4.69) is 5.32 Å². The standard InChI is InChI=1S/C19H26N2O4/c1-24-17-4-2-14(3-5-17)6-9-21-13-16(12-18(21)22)20-19(23)15-7-10-25-11-8-15/h2-5,15-16H,6-13H2,1H3,(H,20,23). The van der Waals surface area contributed by atoms with E-state index in [0.717, 1.165) is 25.0 Å². The van der Waals surface area contributed by atoms with E-state index >= 15 is 0 Å². The maximum Gasteiger partial charge on any atom is 0.224 e. The van der Waals surface area contributed by atoms with Gasteiger partial charge in [0.2, 0.25) is 11.8 Å². The van der Waals surface area contributed by atoms with E-state index in [-0.39, 0.29) is 23.8 Å². The minimum atomic E-state index is -0.0706. The Morgan fingerprint density at radius 1 is 1.28 bits per heavy atom. The van der Waals surface area contributed by atoms with Gasteiger partial charge in [0.15, 0.2) is 0 Å². The van der Waals surface area contributed by atoms with Crippen molar-refractivity contribution >= 4 is 11.8 Å². The normalized spacial score (nSPS) is 21.4. The average Bonchev–Trinajstić information content (AvgIpc) is 3.00. The molecule has 2 heterocycles.